The molecule has 0 bridgehead atoms. The lowest BCUT2D eigenvalue weighted by Gasteiger charge is -2.45. The van der Waals surface area contributed by atoms with Crippen LogP contribution in [0.1, 0.15) is 32.1 Å². The monoisotopic (exact) mass is 339 g/mol. The Hall–Kier alpha value is -0.850. The van der Waals surface area contributed by atoms with Crippen molar-refractivity contribution in [1.29, 1.82) is 0 Å². The van der Waals surface area contributed by atoms with Gasteiger partial charge in [-0.25, -0.2) is 4.79 Å². The second-order valence-electron chi connectivity index (χ2n) is 7.93. The molecule has 0 aromatic carbocycles. The van der Waals surface area contributed by atoms with Crippen molar-refractivity contribution in [2.45, 2.75) is 38.2 Å². The summed E-state index contributed by atoms with van der Waals surface area (Å²) in [5, 5.41) is 3.03. The van der Waals surface area contributed by atoms with Gasteiger partial charge in [0.1, 0.15) is 0 Å². The third-order valence-corrected chi connectivity index (χ3v) is 6.01. The fraction of sp³-hybridized carbons (Fsp3) is 0.944. The van der Waals surface area contributed by atoms with Gasteiger partial charge in [0.25, 0.3) is 0 Å². The number of carbonyl (C=O) groups excluding carboxylic acids is 1. The second-order valence-corrected chi connectivity index (χ2v) is 7.93. The van der Waals surface area contributed by atoms with E-state index in [0.717, 1.165) is 64.6 Å². The summed E-state index contributed by atoms with van der Waals surface area (Å²) in [5.41, 5.74) is 0.225. The molecule has 6 heteroatoms. The highest BCUT2D eigenvalue weighted by molar-refractivity contribution is 5.73. The maximum atomic E-state index is 11.8. The molecule has 0 aromatic rings. The van der Waals surface area contributed by atoms with Crippen molar-refractivity contribution in [2.24, 2.45) is 11.3 Å². The Morgan fingerprint density at radius 3 is 2.79 bits per heavy atom. The second kappa shape index (κ2) is 8.02. The van der Waals surface area contributed by atoms with Crippen LogP contribution >= 0.6 is 0 Å². The number of nitrogens with zero attached hydrogens (tertiary/aromatic N) is 2. The minimum Gasteiger partial charge on any atom is -0.381 e. The minimum absolute atomic E-state index is 0.00302. The van der Waals surface area contributed by atoms with Crippen LogP contribution in [-0.4, -0.2) is 82.0 Å². The number of likely N-dealkylation sites (tertiary alicyclic amines) is 1. The van der Waals surface area contributed by atoms with E-state index in [1.54, 1.807) is 19.0 Å². The van der Waals surface area contributed by atoms with Gasteiger partial charge in [-0.1, -0.05) is 0 Å². The highest BCUT2D eigenvalue weighted by Crippen LogP contribution is 2.43. The first-order valence-corrected chi connectivity index (χ1v) is 9.46. The molecule has 3 fully saturated rings. The summed E-state index contributed by atoms with van der Waals surface area (Å²) in [4.78, 5) is 16.0. The molecule has 3 aliphatic heterocycles. The Kier molecular flexibility index (Phi) is 6.00. The average molecular weight is 339 g/mol. The van der Waals surface area contributed by atoms with Gasteiger partial charge in [0.15, 0.2) is 0 Å². The van der Waals surface area contributed by atoms with Crippen molar-refractivity contribution in [1.82, 2.24) is 15.1 Å². The van der Waals surface area contributed by atoms with Gasteiger partial charge in [-0.05, 0) is 38.0 Å². The predicted molar refractivity (Wildman–Crippen MR) is 93.1 cm³/mol. The molecule has 0 unspecified atom stereocenters. The Morgan fingerprint density at radius 2 is 2.04 bits per heavy atom. The van der Waals surface area contributed by atoms with Crippen LogP contribution < -0.4 is 5.32 Å². The zero-order valence-electron chi connectivity index (χ0n) is 15.3. The molecular formula is C18H33N3O3. The van der Waals surface area contributed by atoms with Crippen LogP contribution in [0.5, 0.6) is 0 Å². The van der Waals surface area contributed by atoms with E-state index >= 15 is 0 Å². The van der Waals surface area contributed by atoms with Crippen molar-refractivity contribution in [2.75, 3.05) is 60.1 Å². The molecular weight excluding hydrogens is 306 g/mol. The number of rotatable bonds is 5. The lowest BCUT2D eigenvalue weighted by Crippen LogP contribution is -2.52. The van der Waals surface area contributed by atoms with Gasteiger partial charge >= 0.3 is 6.03 Å². The summed E-state index contributed by atoms with van der Waals surface area (Å²) >= 11 is 0. The Labute approximate surface area is 145 Å². The number of urea groups is 1. The van der Waals surface area contributed by atoms with Crippen molar-refractivity contribution in [3.63, 3.8) is 0 Å². The van der Waals surface area contributed by atoms with Gasteiger partial charge in [0.05, 0.1) is 6.10 Å². The molecule has 3 heterocycles. The summed E-state index contributed by atoms with van der Waals surface area (Å²) in [5.74, 6) is 0.781. The van der Waals surface area contributed by atoms with E-state index in [2.05, 4.69) is 10.2 Å². The highest BCUT2D eigenvalue weighted by Gasteiger charge is 2.47. The van der Waals surface area contributed by atoms with E-state index in [9.17, 15) is 4.79 Å². The summed E-state index contributed by atoms with van der Waals surface area (Å²) in [6.45, 7) is 6.92. The van der Waals surface area contributed by atoms with Crippen LogP contribution in [0, 0.1) is 11.3 Å². The van der Waals surface area contributed by atoms with Crippen molar-refractivity contribution < 1.29 is 14.3 Å². The van der Waals surface area contributed by atoms with Gasteiger partial charge in [0.2, 0.25) is 0 Å². The number of piperidine rings is 1. The van der Waals surface area contributed by atoms with E-state index in [1.807, 2.05) is 0 Å². The van der Waals surface area contributed by atoms with E-state index < -0.39 is 0 Å². The Bertz CT molecular complexity index is 426. The zero-order chi connectivity index (χ0) is 17.0. The number of hydrogen-bond acceptors (Lipinski definition) is 4. The van der Waals surface area contributed by atoms with Gasteiger partial charge in [0, 0.05) is 65.5 Å². The van der Waals surface area contributed by atoms with Crippen molar-refractivity contribution in [3.8, 4) is 0 Å². The molecule has 138 valence electrons. The van der Waals surface area contributed by atoms with Gasteiger partial charge < -0.3 is 24.6 Å². The lowest BCUT2D eigenvalue weighted by atomic mass is 9.73. The first-order valence-electron chi connectivity index (χ1n) is 9.46. The molecule has 24 heavy (non-hydrogen) atoms. The number of nitrogens with one attached hydrogen (secondary N) is 1. The summed E-state index contributed by atoms with van der Waals surface area (Å²) in [7, 11) is 3.57. The van der Waals surface area contributed by atoms with Crippen LogP contribution in [0.15, 0.2) is 0 Å². The molecule has 0 radical (unpaired) electrons. The molecule has 0 aliphatic carbocycles. The lowest BCUT2D eigenvalue weighted by molar-refractivity contribution is -0.0319. The van der Waals surface area contributed by atoms with Crippen LogP contribution in [-0.2, 0) is 9.47 Å². The molecule has 3 rings (SSSR count). The van der Waals surface area contributed by atoms with Crippen LogP contribution in [0.3, 0.4) is 0 Å². The van der Waals surface area contributed by atoms with Gasteiger partial charge in [-0.15, -0.1) is 0 Å². The normalized spacial score (nSPS) is 31.7. The molecule has 0 saturated carbocycles. The SMILES string of the molecule is CN(C)C(=O)NCC[C@@]12CCO[C@@H]1CCN(CC1CCOCC1)C2. The summed E-state index contributed by atoms with van der Waals surface area (Å²) in [6.07, 6.45) is 6.04. The van der Waals surface area contributed by atoms with E-state index in [-0.39, 0.29) is 11.4 Å². The zero-order valence-corrected chi connectivity index (χ0v) is 15.3. The quantitative estimate of drug-likeness (QED) is 0.826. The predicted octanol–water partition coefficient (Wildman–Crippen LogP) is 1.56. The molecule has 1 N–H and O–H groups in total. The molecule has 2 atom stereocenters. The maximum absolute atomic E-state index is 11.8. The summed E-state index contributed by atoms with van der Waals surface area (Å²) in [6, 6.07) is -0.00302. The largest absolute Gasteiger partial charge is 0.381 e. The third kappa shape index (κ3) is 4.21. The standard InChI is InChI=1S/C18H33N3O3/c1-20(2)17(22)19-8-6-18-7-12-24-16(18)3-9-21(14-18)13-15-4-10-23-11-5-15/h15-16H,3-14H2,1-2H3,(H,19,22)/t16-,18+/m1/s1. The van der Waals surface area contributed by atoms with Crippen LogP contribution in [0.2, 0.25) is 0 Å². The third-order valence-electron chi connectivity index (χ3n) is 6.01. The fourth-order valence-corrected chi connectivity index (χ4v) is 4.53. The van der Waals surface area contributed by atoms with E-state index in [1.165, 1.54) is 19.4 Å². The van der Waals surface area contributed by atoms with Gasteiger partial charge in [-0.3, -0.25) is 0 Å². The van der Waals surface area contributed by atoms with Crippen LogP contribution in [0.4, 0.5) is 4.79 Å². The number of ether oxygens (including phenoxy) is 2. The Balaban J connectivity index is 1.53. The van der Waals surface area contributed by atoms with Crippen molar-refractivity contribution in [3.05, 3.63) is 0 Å². The summed E-state index contributed by atoms with van der Waals surface area (Å²) < 4.78 is 11.5. The number of carbonyl (C=O) groups is 1. The van der Waals surface area contributed by atoms with Gasteiger partial charge in [-0.2, -0.15) is 0 Å². The van der Waals surface area contributed by atoms with Crippen molar-refractivity contribution >= 4 is 6.03 Å². The fourth-order valence-electron chi connectivity index (χ4n) is 4.53. The molecule has 3 saturated heterocycles. The topological polar surface area (TPSA) is 54.0 Å². The van der Waals surface area contributed by atoms with E-state index in [0.29, 0.717) is 6.10 Å². The number of hydrogen-bond donors (Lipinski definition) is 1. The smallest absolute Gasteiger partial charge is 0.316 e. The first kappa shape index (κ1) is 18.0. The maximum Gasteiger partial charge on any atom is 0.316 e. The molecule has 6 nitrogen and oxygen atoms in total. The number of fused-ring (bicyclic) bond motifs is 1. The Morgan fingerprint density at radius 1 is 1.25 bits per heavy atom. The molecule has 3 aliphatic rings. The van der Waals surface area contributed by atoms with E-state index in [4.69, 9.17) is 9.47 Å². The molecule has 2 amide bonds. The first-order chi connectivity index (χ1) is 11.6. The average Bonchev–Trinajstić information content (AvgIpc) is 2.98. The molecule has 0 aromatic heterocycles. The molecule has 0 spiro atoms. The minimum atomic E-state index is -0.00302. The van der Waals surface area contributed by atoms with Crippen LogP contribution in [0.25, 0.3) is 0 Å². The highest BCUT2D eigenvalue weighted by atomic mass is 16.5. The number of amides is 2.